The van der Waals surface area contributed by atoms with Crippen molar-refractivity contribution in [2.75, 3.05) is 13.1 Å². The van der Waals surface area contributed by atoms with Gasteiger partial charge in [-0.25, -0.2) is 9.37 Å². The molecular weight excluding hydrogens is 387 g/mol. The quantitative estimate of drug-likeness (QED) is 0.813. The van der Waals surface area contributed by atoms with Gasteiger partial charge in [0.05, 0.1) is 11.9 Å². The number of nitrogens with zero attached hydrogens (tertiary/aromatic N) is 3. The van der Waals surface area contributed by atoms with Crippen LogP contribution < -0.4 is 10.1 Å². The van der Waals surface area contributed by atoms with Crippen molar-refractivity contribution in [1.82, 2.24) is 20.2 Å². The normalized spacial score (nSPS) is 17.2. The largest absolute Gasteiger partial charge is 0.478 e. The van der Waals surface area contributed by atoms with Crippen LogP contribution in [0.2, 0.25) is 0 Å². The van der Waals surface area contributed by atoms with Crippen LogP contribution in [0.15, 0.2) is 36.7 Å². The summed E-state index contributed by atoms with van der Waals surface area (Å²) >= 11 is 0. The first-order valence-electron chi connectivity index (χ1n) is 10.1. The topological polar surface area (TPSA) is 84.4 Å². The molecule has 1 N–H and O–H groups in total. The number of aromatic nitrogens is 2. The third-order valence-electron chi connectivity index (χ3n) is 5.07. The van der Waals surface area contributed by atoms with Crippen LogP contribution in [0.4, 0.5) is 4.39 Å². The second kappa shape index (κ2) is 9.19. The lowest BCUT2D eigenvalue weighted by Crippen LogP contribution is -2.49. The zero-order chi connectivity index (χ0) is 21.7. The fourth-order valence-electron chi connectivity index (χ4n) is 3.43. The molecular formula is C22H27FN4O3. The van der Waals surface area contributed by atoms with Crippen LogP contribution in [-0.2, 0) is 4.79 Å². The van der Waals surface area contributed by atoms with E-state index in [2.05, 4.69) is 15.3 Å². The number of nitrogens with one attached hydrogen (secondary N) is 1. The fraction of sp³-hybridized carbons (Fsp3) is 0.455. The second-order valence-electron chi connectivity index (χ2n) is 8.00. The number of amides is 2. The maximum atomic E-state index is 13.1. The number of hydrogen-bond donors (Lipinski definition) is 1. The van der Waals surface area contributed by atoms with Gasteiger partial charge in [-0.3, -0.25) is 14.6 Å². The van der Waals surface area contributed by atoms with Gasteiger partial charge in [-0.15, -0.1) is 0 Å². The zero-order valence-corrected chi connectivity index (χ0v) is 17.5. The summed E-state index contributed by atoms with van der Waals surface area (Å²) in [6.45, 7) is 6.33. The van der Waals surface area contributed by atoms with E-state index in [1.54, 1.807) is 24.9 Å². The zero-order valence-electron chi connectivity index (χ0n) is 17.5. The molecule has 160 valence electrons. The first-order valence-corrected chi connectivity index (χ1v) is 10.1. The Kier molecular flexibility index (Phi) is 6.64. The number of hydrogen-bond acceptors (Lipinski definition) is 5. The van der Waals surface area contributed by atoms with E-state index in [9.17, 15) is 14.0 Å². The van der Waals surface area contributed by atoms with Crippen molar-refractivity contribution in [3.63, 3.8) is 0 Å². The molecule has 1 saturated heterocycles. The maximum absolute atomic E-state index is 13.1. The lowest BCUT2D eigenvalue weighted by Gasteiger charge is -2.31. The van der Waals surface area contributed by atoms with Gasteiger partial charge < -0.3 is 15.0 Å². The van der Waals surface area contributed by atoms with E-state index in [-0.39, 0.29) is 29.4 Å². The number of carbonyl (C=O) groups excluding carboxylic acids is 2. The molecule has 3 rings (SSSR count). The molecule has 0 saturated carbocycles. The highest BCUT2D eigenvalue weighted by atomic mass is 19.1. The Hall–Kier alpha value is -3.03. The summed E-state index contributed by atoms with van der Waals surface area (Å²) in [6.07, 6.45) is 5.21. The molecule has 1 atom stereocenters. The molecule has 8 heteroatoms. The van der Waals surface area contributed by atoms with E-state index < -0.39 is 5.60 Å². The van der Waals surface area contributed by atoms with Crippen LogP contribution in [0.5, 0.6) is 5.75 Å². The van der Waals surface area contributed by atoms with Crippen molar-refractivity contribution in [3.8, 4) is 5.75 Å². The smallest absolute Gasteiger partial charge is 0.271 e. The lowest BCUT2D eigenvalue weighted by molar-refractivity contribution is -0.145. The Morgan fingerprint density at radius 3 is 2.53 bits per heavy atom. The minimum absolute atomic E-state index is 0.0421. The molecule has 2 amide bonds. The minimum Gasteiger partial charge on any atom is -0.478 e. The summed E-state index contributed by atoms with van der Waals surface area (Å²) in [5, 5.41) is 2.99. The van der Waals surface area contributed by atoms with Gasteiger partial charge in [0, 0.05) is 25.3 Å². The van der Waals surface area contributed by atoms with Crippen molar-refractivity contribution >= 4 is 11.8 Å². The average Bonchev–Trinajstić information content (AvgIpc) is 2.95. The highest BCUT2D eigenvalue weighted by Gasteiger charge is 2.35. The van der Waals surface area contributed by atoms with Gasteiger partial charge in [0.25, 0.3) is 11.8 Å². The Bertz CT molecular complexity index is 884. The number of ether oxygens (including phenoxy) is 1. The first kappa shape index (κ1) is 21.7. The molecule has 1 aromatic heterocycles. The number of aryl methyl sites for hydroxylation is 1. The highest BCUT2D eigenvalue weighted by molar-refractivity contribution is 5.92. The third kappa shape index (κ3) is 5.52. The SMILES string of the molecule is Cc1cnc(C(=O)N[C@@H]2CCCN(C(=O)C(C)(C)Oc3ccc(F)cc3)CC2)cn1. The molecule has 0 bridgehead atoms. The summed E-state index contributed by atoms with van der Waals surface area (Å²) in [5.74, 6) is -0.312. The summed E-state index contributed by atoms with van der Waals surface area (Å²) in [5.41, 5.74) is -0.0504. The van der Waals surface area contributed by atoms with E-state index >= 15 is 0 Å². The van der Waals surface area contributed by atoms with Gasteiger partial charge in [0.2, 0.25) is 0 Å². The minimum atomic E-state index is -1.08. The Morgan fingerprint density at radius 1 is 1.13 bits per heavy atom. The molecule has 30 heavy (non-hydrogen) atoms. The van der Waals surface area contributed by atoms with Crippen molar-refractivity contribution in [2.45, 2.75) is 51.7 Å². The molecule has 1 aliphatic heterocycles. The molecule has 2 heterocycles. The lowest BCUT2D eigenvalue weighted by atomic mass is 10.1. The predicted octanol–water partition coefficient (Wildman–Crippen LogP) is 2.89. The van der Waals surface area contributed by atoms with Gasteiger partial charge in [0.15, 0.2) is 5.60 Å². The molecule has 2 aromatic rings. The van der Waals surface area contributed by atoms with Gasteiger partial charge in [-0.05, 0) is 64.3 Å². The van der Waals surface area contributed by atoms with Gasteiger partial charge >= 0.3 is 0 Å². The van der Waals surface area contributed by atoms with Crippen LogP contribution in [0.3, 0.4) is 0 Å². The molecule has 0 spiro atoms. The number of rotatable bonds is 5. The van der Waals surface area contributed by atoms with Crippen LogP contribution >= 0.6 is 0 Å². The standard InChI is InChI=1S/C22H27FN4O3/c1-15-13-25-19(14-24-15)20(28)26-17-5-4-11-27(12-10-17)21(29)22(2,3)30-18-8-6-16(23)7-9-18/h6-9,13-14,17H,4-5,10-12H2,1-3H3,(H,26,28)/t17-/m1/s1. The van der Waals surface area contributed by atoms with E-state index in [4.69, 9.17) is 4.74 Å². The average molecular weight is 414 g/mol. The number of halogens is 1. The fourth-order valence-corrected chi connectivity index (χ4v) is 3.43. The van der Waals surface area contributed by atoms with Crippen LogP contribution in [0, 0.1) is 12.7 Å². The molecule has 7 nitrogen and oxygen atoms in total. The Labute approximate surface area is 175 Å². The molecule has 1 aliphatic rings. The van der Waals surface area contributed by atoms with E-state index in [1.807, 2.05) is 6.92 Å². The highest BCUT2D eigenvalue weighted by Crippen LogP contribution is 2.22. The monoisotopic (exact) mass is 414 g/mol. The van der Waals surface area contributed by atoms with E-state index in [0.29, 0.717) is 25.3 Å². The second-order valence-corrected chi connectivity index (χ2v) is 8.00. The first-order chi connectivity index (χ1) is 14.2. The van der Waals surface area contributed by atoms with E-state index in [0.717, 1.165) is 18.5 Å². The number of likely N-dealkylation sites (tertiary alicyclic amines) is 1. The summed E-state index contributed by atoms with van der Waals surface area (Å²) in [7, 11) is 0. The molecule has 0 unspecified atom stereocenters. The van der Waals surface area contributed by atoms with Crippen molar-refractivity contribution in [2.24, 2.45) is 0 Å². The van der Waals surface area contributed by atoms with Crippen LogP contribution in [0.25, 0.3) is 0 Å². The van der Waals surface area contributed by atoms with Crippen molar-refractivity contribution in [1.29, 1.82) is 0 Å². The molecule has 1 fully saturated rings. The van der Waals surface area contributed by atoms with Crippen LogP contribution in [0.1, 0.15) is 49.3 Å². The van der Waals surface area contributed by atoms with Crippen molar-refractivity contribution < 1.29 is 18.7 Å². The number of carbonyl (C=O) groups is 2. The summed E-state index contributed by atoms with van der Waals surface area (Å²) in [6, 6.07) is 5.57. The third-order valence-corrected chi connectivity index (χ3v) is 5.07. The van der Waals surface area contributed by atoms with Gasteiger partial charge in [0.1, 0.15) is 17.3 Å². The van der Waals surface area contributed by atoms with Crippen LogP contribution in [-0.4, -0.2) is 51.4 Å². The summed E-state index contributed by atoms with van der Waals surface area (Å²) < 4.78 is 18.9. The molecule has 1 aromatic carbocycles. The Balaban J connectivity index is 1.56. The van der Waals surface area contributed by atoms with Crippen molar-refractivity contribution in [3.05, 3.63) is 53.9 Å². The number of benzene rings is 1. The van der Waals surface area contributed by atoms with Gasteiger partial charge in [-0.2, -0.15) is 0 Å². The molecule has 0 aliphatic carbocycles. The predicted molar refractivity (Wildman–Crippen MR) is 110 cm³/mol. The maximum Gasteiger partial charge on any atom is 0.271 e. The molecule has 0 radical (unpaired) electrons. The Morgan fingerprint density at radius 2 is 1.87 bits per heavy atom. The van der Waals surface area contributed by atoms with Gasteiger partial charge in [-0.1, -0.05) is 0 Å². The van der Waals surface area contributed by atoms with E-state index in [1.165, 1.54) is 30.5 Å². The summed E-state index contributed by atoms with van der Waals surface area (Å²) in [4.78, 5) is 35.4.